The van der Waals surface area contributed by atoms with Crippen molar-refractivity contribution in [3.05, 3.63) is 51.3 Å². The van der Waals surface area contributed by atoms with Gasteiger partial charge in [0.1, 0.15) is 0 Å². The van der Waals surface area contributed by atoms with Crippen molar-refractivity contribution in [2.24, 2.45) is 0 Å². The first-order valence-corrected chi connectivity index (χ1v) is 9.66. The van der Waals surface area contributed by atoms with Crippen molar-refractivity contribution in [3.63, 3.8) is 0 Å². The fraction of sp³-hybridized carbons (Fsp3) is 0.294. The summed E-state index contributed by atoms with van der Waals surface area (Å²) in [6.45, 7) is 5.74. The van der Waals surface area contributed by atoms with E-state index in [1.54, 1.807) is 12.1 Å². The van der Waals surface area contributed by atoms with Gasteiger partial charge in [0.15, 0.2) is 5.16 Å². The van der Waals surface area contributed by atoms with Crippen LogP contribution in [0.25, 0.3) is 5.78 Å². The van der Waals surface area contributed by atoms with E-state index < -0.39 is 0 Å². The minimum Gasteiger partial charge on any atom is -0.349 e. The van der Waals surface area contributed by atoms with Crippen molar-refractivity contribution in [3.8, 4) is 0 Å². The molecular formula is C17H17Cl2N5OS. The van der Waals surface area contributed by atoms with E-state index >= 15 is 0 Å². The van der Waals surface area contributed by atoms with E-state index in [0.717, 1.165) is 17.0 Å². The molecule has 26 heavy (non-hydrogen) atoms. The van der Waals surface area contributed by atoms with Crippen LogP contribution >= 0.6 is 35.0 Å². The second-order valence-corrected chi connectivity index (χ2v) is 7.69. The third-order valence-electron chi connectivity index (χ3n) is 3.80. The van der Waals surface area contributed by atoms with Gasteiger partial charge in [-0.05, 0) is 44.5 Å². The Labute approximate surface area is 165 Å². The van der Waals surface area contributed by atoms with Gasteiger partial charge >= 0.3 is 0 Å². The molecule has 0 aliphatic carbocycles. The van der Waals surface area contributed by atoms with Crippen molar-refractivity contribution in [2.75, 3.05) is 5.75 Å². The fourth-order valence-corrected chi connectivity index (χ4v) is 4.01. The molecule has 3 aromatic rings. The Balaban J connectivity index is 1.66. The summed E-state index contributed by atoms with van der Waals surface area (Å²) < 4.78 is 1.84. The minimum atomic E-state index is -0.228. The van der Waals surface area contributed by atoms with E-state index in [1.807, 2.05) is 37.3 Å². The van der Waals surface area contributed by atoms with Crippen LogP contribution < -0.4 is 5.32 Å². The normalized spacial score (nSPS) is 12.3. The van der Waals surface area contributed by atoms with Gasteiger partial charge in [0.05, 0.1) is 11.8 Å². The average molecular weight is 410 g/mol. The van der Waals surface area contributed by atoms with Gasteiger partial charge in [0.25, 0.3) is 5.78 Å². The molecule has 0 radical (unpaired) electrons. The number of carbonyl (C=O) groups is 1. The lowest BCUT2D eigenvalue weighted by atomic mass is 10.1. The van der Waals surface area contributed by atoms with E-state index in [1.165, 1.54) is 11.8 Å². The topological polar surface area (TPSA) is 72.2 Å². The van der Waals surface area contributed by atoms with Crippen LogP contribution in [0.15, 0.2) is 29.4 Å². The molecule has 1 amide bonds. The first-order valence-electron chi connectivity index (χ1n) is 7.91. The number of nitrogens with one attached hydrogen (secondary N) is 1. The molecule has 1 atom stereocenters. The highest BCUT2D eigenvalue weighted by Crippen LogP contribution is 2.26. The number of halogens is 2. The fourth-order valence-electron chi connectivity index (χ4n) is 2.64. The van der Waals surface area contributed by atoms with Crippen LogP contribution in [0, 0.1) is 13.8 Å². The number of rotatable bonds is 5. The summed E-state index contributed by atoms with van der Waals surface area (Å²) in [4.78, 5) is 16.6. The SMILES string of the molecule is Cc1cc(C)n2c(SCC(=O)N[C@@H](C)c3ccc(Cl)cc3Cl)nnc2n1. The van der Waals surface area contributed by atoms with Crippen LogP contribution in [0.4, 0.5) is 0 Å². The van der Waals surface area contributed by atoms with Gasteiger partial charge in [-0.2, -0.15) is 0 Å². The predicted molar refractivity (Wildman–Crippen MR) is 104 cm³/mol. The van der Waals surface area contributed by atoms with E-state index in [0.29, 0.717) is 21.0 Å². The summed E-state index contributed by atoms with van der Waals surface area (Å²) in [5.74, 6) is 0.624. The van der Waals surface area contributed by atoms with Crippen LogP contribution in [-0.4, -0.2) is 31.2 Å². The first-order chi connectivity index (χ1) is 12.3. The standard InChI is InChI=1S/C17H17Cl2N5OS/c1-9-6-10(2)24-16(20-9)22-23-17(24)26-8-15(25)21-11(3)13-5-4-12(18)7-14(13)19/h4-7,11H,8H2,1-3H3,(H,21,25)/t11-/m0/s1. The zero-order valence-electron chi connectivity index (χ0n) is 14.5. The summed E-state index contributed by atoms with van der Waals surface area (Å²) in [6.07, 6.45) is 0. The monoisotopic (exact) mass is 409 g/mol. The molecular weight excluding hydrogens is 393 g/mol. The van der Waals surface area contributed by atoms with Gasteiger partial charge in [-0.3, -0.25) is 9.20 Å². The Morgan fingerprint density at radius 2 is 2.04 bits per heavy atom. The number of benzene rings is 1. The van der Waals surface area contributed by atoms with E-state index in [2.05, 4.69) is 20.5 Å². The highest BCUT2D eigenvalue weighted by Gasteiger charge is 2.15. The predicted octanol–water partition coefficient (Wildman–Crippen LogP) is 4.02. The summed E-state index contributed by atoms with van der Waals surface area (Å²) in [5.41, 5.74) is 2.67. The molecule has 136 valence electrons. The van der Waals surface area contributed by atoms with Gasteiger partial charge < -0.3 is 5.32 Å². The molecule has 0 aliphatic rings. The van der Waals surface area contributed by atoms with Gasteiger partial charge in [-0.1, -0.05) is 41.0 Å². The largest absolute Gasteiger partial charge is 0.349 e. The van der Waals surface area contributed by atoms with Crippen molar-refractivity contribution in [2.45, 2.75) is 32.0 Å². The molecule has 0 saturated carbocycles. The third kappa shape index (κ3) is 4.11. The molecule has 2 aromatic heterocycles. The molecule has 2 heterocycles. The Hall–Kier alpha value is -1.83. The Bertz CT molecular complexity index is 975. The quantitative estimate of drug-likeness (QED) is 0.644. The molecule has 3 rings (SSSR count). The Morgan fingerprint density at radius 1 is 1.27 bits per heavy atom. The molecule has 9 heteroatoms. The van der Waals surface area contributed by atoms with Crippen LogP contribution in [-0.2, 0) is 4.79 Å². The molecule has 0 bridgehead atoms. The van der Waals surface area contributed by atoms with Crippen LogP contribution in [0.3, 0.4) is 0 Å². The molecule has 0 saturated heterocycles. The molecule has 0 aliphatic heterocycles. The number of aryl methyl sites for hydroxylation is 2. The Kier molecular flexibility index (Phi) is 5.70. The van der Waals surface area contributed by atoms with Gasteiger partial charge in [-0.25, -0.2) is 4.98 Å². The smallest absolute Gasteiger partial charge is 0.256 e. The lowest BCUT2D eigenvalue weighted by Gasteiger charge is -2.15. The van der Waals surface area contributed by atoms with Crippen LogP contribution in [0.5, 0.6) is 0 Å². The van der Waals surface area contributed by atoms with E-state index in [4.69, 9.17) is 23.2 Å². The summed E-state index contributed by atoms with van der Waals surface area (Å²) in [5, 5.41) is 12.8. The molecule has 0 unspecified atom stereocenters. The number of amides is 1. The molecule has 1 aromatic carbocycles. The van der Waals surface area contributed by atoms with Gasteiger partial charge in [0, 0.05) is 21.4 Å². The average Bonchev–Trinajstić information content (AvgIpc) is 2.95. The second-order valence-electron chi connectivity index (χ2n) is 5.90. The number of hydrogen-bond acceptors (Lipinski definition) is 5. The van der Waals surface area contributed by atoms with Crippen molar-refractivity contribution in [1.82, 2.24) is 24.9 Å². The molecule has 0 spiro atoms. The second kappa shape index (κ2) is 7.82. The van der Waals surface area contributed by atoms with Crippen molar-refractivity contribution >= 4 is 46.6 Å². The van der Waals surface area contributed by atoms with E-state index in [9.17, 15) is 4.79 Å². The summed E-state index contributed by atoms with van der Waals surface area (Å²) >= 11 is 13.4. The third-order valence-corrected chi connectivity index (χ3v) is 5.29. The lowest BCUT2D eigenvalue weighted by Crippen LogP contribution is -2.28. The number of aromatic nitrogens is 4. The number of hydrogen-bond donors (Lipinski definition) is 1. The van der Waals surface area contributed by atoms with E-state index in [-0.39, 0.29) is 17.7 Å². The number of carbonyl (C=O) groups excluding carboxylic acids is 1. The van der Waals surface area contributed by atoms with Gasteiger partial charge in [-0.15, -0.1) is 10.2 Å². The first kappa shape index (κ1) is 18.9. The van der Waals surface area contributed by atoms with Gasteiger partial charge in [0.2, 0.25) is 5.91 Å². The summed E-state index contributed by atoms with van der Waals surface area (Å²) in [6, 6.07) is 6.95. The molecule has 0 fully saturated rings. The maximum Gasteiger partial charge on any atom is 0.256 e. The van der Waals surface area contributed by atoms with Crippen molar-refractivity contribution in [1.29, 1.82) is 0 Å². The minimum absolute atomic E-state index is 0.122. The molecule has 1 N–H and O–H groups in total. The van der Waals surface area contributed by atoms with Crippen molar-refractivity contribution < 1.29 is 4.79 Å². The maximum absolute atomic E-state index is 12.3. The molecule has 6 nitrogen and oxygen atoms in total. The zero-order chi connectivity index (χ0) is 18.8. The van der Waals surface area contributed by atoms with Crippen LogP contribution in [0.1, 0.15) is 29.9 Å². The maximum atomic E-state index is 12.3. The highest BCUT2D eigenvalue weighted by molar-refractivity contribution is 7.99. The zero-order valence-corrected chi connectivity index (χ0v) is 16.8. The lowest BCUT2D eigenvalue weighted by molar-refractivity contribution is -0.119. The summed E-state index contributed by atoms with van der Waals surface area (Å²) in [7, 11) is 0. The number of fused-ring (bicyclic) bond motifs is 1. The highest BCUT2D eigenvalue weighted by atomic mass is 35.5. The Morgan fingerprint density at radius 3 is 2.77 bits per heavy atom. The van der Waals surface area contributed by atoms with Crippen LogP contribution in [0.2, 0.25) is 10.0 Å². The number of thioether (sulfide) groups is 1. The number of nitrogens with zero attached hydrogens (tertiary/aromatic N) is 4.